The van der Waals surface area contributed by atoms with Crippen LogP contribution >= 0.6 is 0 Å². The van der Waals surface area contributed by atoms with Crippen LogP contribution in [0.4, 0.5) is 13.2 Å². The minimum atomic E-state index is -4.40. The molecule has 1 unspecified atom stereocenters. The molecule has 1 saturated heterocycles. The van der Waals surface area contributed by atoms with E-state index in [0.29, 0.717) is 5.56 Å². The molecule has 1 aliphatic rings. The monoisotopic (exact) mass is 286 g/mol. The van der Waals surface area contributed by atoms with E-state index in [1.807, 2.05) is 0 Å². The Kier molecular flexibility index (Phi) is 3.96. The smallest absolute Gasteiger partial charge is 0.355 e. The fourth-order valence-electron chi connectivity index (χ4n) is 1.98. The summed E-state index contributed by atoms with van der Waals surface area (Å²) in [6, 6.07) is 4.78. The molecule has 7 heteroatoms. The molecule has 1 aromatic carbocycles. The third-order valence-electron chi connectivity index (χ3n) is 3.07. The molecule has 0 spiro atoms. The molecule has 4 nitrogen and oxygen atoms in total. The van der Waals surface area contributed by atoms with Gasteiger partial charge in [0.2, 0.25) is 11.8 Å². The van der Waals surface area contributed by atoms with Gasteiger partial charge in [-0.1, -0.05) is 12.1 Å². The number of alkyl halides is 3. The molecule has 20 heavy (non-hydrogen) atoms. The van der Waals surface area contributed by atoms with Crippen molar-refractivity contribution in [2.45, 2.75) is 19.1 Å². The first kappa shape index (κ1) is 14.4. The predicted octanol–water partition coefficient (Wildman–Crippen LogP) is 1.46. The molecule has 108 valence electrons. The summed E-state index contributed by atoms with van der Waals surface area (Å²) < 4.78 is 37.6. The van der Waals surface area contributed by atoms with Crippen LogP contribution in [-0.2, 0) is 22.3 Å². The van der Waals surface area contributed by atoms with E-state index in [0.717, 1.165) is 12.1 Å². The van der Waals surface area contributed by atoms with Crippen molar-refractivity contribution in [2.75, 3.05) is 6.54 Å². The highest BCUT2D eigenvalue weighted by molar-refractivity contribution is 5.89. The molecule has 0 aliphatic carbocycles. The van der Waals surface area contributed by atoms with E-state index in [1.54, 1.807) is 0 Å². The number of carbonyl (C=O) groups is 2. The highest BCUT2D eigenvalue weighted by atomic mass is 19.4. The standard InChI is InChI=1S/C13H13F3N2O2/c14-13(15,16)10-3-1-2-8(4-10)6-18-12(20)9-5-11(19)17-7-9/h1-4,9H,5-7H2,(H,17,19)(H,18,20). The minimum Gasteiger partial charge on any atom is -0.355 e. The summed E-state index contributed by atoms with van der Waals surface area (Å²) >= 11 is 0. The van der Waals surface area contributed by atoms with Crippen molar-refractivity contribution in [3.8, 4) is 0 Å². The molecular formula is C13H13F3N2O2. The normalized spacial score (nSPS) is 18.8. The van der Waals surface area contributed by atoms with Gasteiger partial charge in [0.05, 0.1) is 11.5 Å². The lowest BCUT2D eigenvalue weighted by Gasteiger charge is -2.11. The fraction of sp³-hybridized carbons (Fsp3) is 0.385. The fourth-order valence-corrected chi connectivity index (χ4v) is 1.98. The summed E-state index contributed by atoms with van der Waals surface area (Å²) in [4.78, 5) is 22.7. The van der Waals surface area contributed by atoms with Gasteiger partial charge in [0.1, 0.15) is 0 Å². The zero-order chi connectivity index (χ0) is 14.8. The summed E-state index contributed by atoms with van der Waals surface area (Å²) in [7, 11) is 0. The zero-order valence-corrected chi connectivity index (χ0v) is 10.5. The van der Waals surface area contributed by atoms with Gasteiger partial charge in [-0.05, 0) is 17.7 Å². The molecule has 2 amide bonds. The molecule has 0 aromatic heterocycles. The molecule has 0 radical (unpaired) electrons. The number of rotatable bonds is 3. The van der Waals surface area contributed by atoms with E-state index < -0.39 is 17.7 Å². The Morgan fingerprint density at radius 1 is 1.40 bits per heavy atom. The van der Waals surface area contributed by atoms with Crippen LogP contribution in [0.25, 0.3) is 0 Å². The van der Waals surface area contributed by atoms with Gasteiger partial charge in [-0.3, -0.25) is 9.59 Å². The predicted molar refractivity (Wildman–Crippen MR) is 64.4 cm³/mol. The van der Waals surface area contributed by atoms with E-state index in [-0.39, 0.29) is 31.3 Å². The van der Waals surface area contributed by atoms with Crippen LogP contribution < -0.4 is 10.6 Å². The molecule has 1 heterocycles. The second-order valence-corrected chi connectivity index (χ2v) is 4.62. The molecule has 2 rings (SSSR count). The first-order chi connectivity index (χ1) is 9.36. The Hall–Kier alpha value is -2.05. The maximum absolute atomic E-state index is 12.5. The Bertz CT molecular complexity index is 529. The molecule has 1 aromatic rings. The summed E-state index contributed by atoms with van der Waals surface area (Å²) in [6.45, 7) is 0.278. The van der Waals surface area contributed by atoms with Crippen molar-refractivity contribution in [3.63, 3.8) is 0 Å². The first-order valence-corrected chi connectivity index (χ1v) is 6.07. The van der Waals surface area contributed by atoms with Gasteiger partial charge in [-0.2, -0.15) is 13.2 Å². The molecule has 1 aliphatic heterocycles. The molecular weight excluding hydrogens is 273 g/mol. The molecule has 1 atom stereocenters. The number of hydrogen-bond donors (Lipinski definition) is 2. The lowest BCUT2D eigenvalue weighted by Crippen LogP contribution is -2.31. The Morgan fingerprint density at radius 3 is 2.75 bits per heavy atom. The molecule has 0 bridgehead atoms. The van der Waals surface area contributed by atoms with Crippen molar-refractivity contribution in [3.05, 3.63) is 35.4 Å². The van der Waals surface area contributed by atoms with Crippen molar-refractivity contribution < 1.29 is 22.8 Å². The summed E-state index contributed by atoms with van der Waals surface area (Å²) in [5.41, 5.74) is -0.382. The summed E-state index contributed by atoms with van der Waals surface area (Å²) in [6.07, 6.45) is -4.28. The van der Waals surface area contributed by atoms with Crippen LogP contribution in [0.1, 0.15) is 17.5 Å². The molecule has 0 saturated carbocycles. The highest BCUT2D eigenvalue weighted by Crippen LogP contribution is 2.29. The van der Waals surface area contributed by atoms with Gasteiger partial charge in [0.25, 0.3) is 0 Å². The van der Waals surface area contributed by atoms with Crippen LogP contribution in [0.5, 0.6) is 0 Å². The third-order valence-corrected chi connectivity index (χ3v) is 3.07. The number of hydrogen-bond acceptors (Lipinski definition) is 2. The van der Waals surface area contributed by atoms with Crippen LogP contribution in [0.15, 0.2) is 24.3 Å². The van der Waals surface area contributed by atoms with Gasteiger partial charge in [-0.15, -0.1) is 0 Å². The number of halogens is 3. The van der Waals surface area contributed by atoms with E-state index in [4.69, 9.17) is 0 Å². The van der Waals surface area contributed by atoms with E-state index >= 15 is 0 Å². The van der Waals surface area contributed by atoms with Crippen LogP contribution in [0, 0.1) is 5.92 Å². The third kappa shape index (κ3) is 3.49. The van der Waals surface area contributed by atoms with Crippen LogP contribution in [0.2, 0.25) is 0 Å². The van der Waals surface area contributed by atoms with Crippen LogP contribution in [-0.4, -0.2) is 18.4 Å². The average molecular weight is 286 g/mol. The lowest BCUT2D eigenvalue weighted by molar-refractivity contribution is -0.137. The van der Waals surface area contributed by atoms with Gasteiger partial charge in [-0.25, -0.2) is 0 Å². The number of carbonyl (C=O) groups excluding carboxylic acids is 2. The second kappa shape index (κ2) is 5.52. The maximum atomic E-state index is 12.5. The van der Waals surface area contributed by atoms with Crippen molar-refractivity contribution in [1.82, 2.24) is 10.6 Å². The van der Waals surface area contributed by atoms with Gasteiger partial charge < -0.3 is 10.6 Å². The lowest BCUT2D eigenvalue weighted by atomic mass is 10.1. The second-order valence-electron chi connectivity index (χ2n) is 4.62. The van der Waals surface area contributed by atoms with Gasteiger partial charge >= 0.3 is 6.18 Å². The van der Waals surface area contributed by atoms with Crippen molar-refractivity contribution in [1.29, 1.82) is 0 Å². The Balaban J connectivity index is 1.94. The van der Waals surface area contributed by atoms with E-state index in [2.05, 4.69) is 10.6 Å². The first-order valence-electron chi connectivity index (χ1n) is 6.07. The largest absolute Gasteiger partial charge is 0.416 e. The number of benzene rings is 1. The summed E-state index contributed by atoms with van der Waals surface area (Å²) in [5.74, 6) is -0.974. The van der Waals surface area contributed by atoms with E-state index in [9.17, 15) is 22.8 Å². The topological polar surface area (TPSA) is 58.2 Å². The van der Waals surface area contributed by atoms with Gasteiger partial charge in [0, 0.05) is 19.5 Å². The molecule has 2 N–H and O–H groups in total. The van der Waals surface area contributed by atoms with Crippen LogP contribution in [0.3, 0.4) is 0 Å². The highest BCUT2D eigenvalue weighted by Gasteiger charge is 2.30. The minimum absolute atomic E-state index is 0.00738. The van der Waals surface area contributed by atoms with Crippen molar-refractivity contribution in [2.24, 2.45) is 5.92 Å². The van der Waals surface area contributed by atoms with Crippen molar-refractivity contribution >= 4 is 11.8 Å². The SMILES string of the molecule is O=C1CC(C(=O)NCc2cccc(C(F)(F)F)c2)CN1. The Morgan fingerprint density at radius 2 is 2.15 bits per heavy atom. The number of nitrogens with one attached hydrogen (secondary N) is 2. The Labute approximate surface area is 113 Å². The average Bonchev–Trinajstić information content (AvgIpc) is 2.82. The van der Waals surface area contributed by atoms with Gasteiger partial charge in [0.15, 0.2) is 0 Å². The number of amides is 2. The zero-order valence-electron chi connectivity index (χ0n) is 10.5. The quantitative estimate of drug-likeness (QED) is 0.883. The maximum Gasteiger partial charge on any atom is 0.416 e. The molecule has 1 fully saturated rings. The summed E-state index contributed by atoms with van der Waals surface area (Å²) in [5, 5.41) is 5.07. The van der Waals surface area contributed by atoms with E-state index in [1.165, 1.54) is 12.1 Å².